The van der Waals surface area contributed by atoms with Crippen molar-refractivity contribution < 1.29 is 4.42 Å². The first kappa shape index (κ1) is 12.0. The molecule has 0 saturated heterocycles. The number of hydrogen-bond acceptors (Lipinski definition) is 3. The molecule has 0 spiro atoms. The number of aryl methyl sites for hydroxylation is 1. The number of likely N-dealkylation sites (N-methyl/N-ethyl adjacent to an activating group) is 1. The smallest absolute Gasteiger partial charge is 0.134 e. The summed E-state index contributed by atoms with van der Waals surface area (Å²) in [5, 5.41) is 8.73. The van der Waals surface area contributed by atoms with E-state index < -0.39 is 0 Å². The molecule has 3 rings (SSSR count). The lowest BCUT2D eigenvalue weighted by Crippen LogP contribution is -2.21. The molecule has 0 amide bonds. The number of furan rings is 1. The Hall–Kier alpha value is -2.07. The van der Waals surface area contributed by atoms with Gasteiger partial charge < -0.3 is 9.73 Å². The van der Waals surface area contributed by atoms with E-state index in [1.54, 1.807) is 0 Å². The van der Waals surface area contributed by atoms with E-state index in [0.29, 0.717) is 0 Å². The predicted octanol–water partition coefficient (Wildman–Crippen LogP) is 2.90. The SMILES string of the molecule is CNC(Cn1cc(C)cn1)c1cc2ccccc2o1. The van der Waals surface area contributed by atoms with Gasteiger partial charge in [-0.05, 0) is 31.7 Å². The molecule has 1 N–H and O–H groups in total. The van der Waals surface area contributed by atoms with Crippen LogP contribution in [0.4, 0.5) is 0 Å². The molecule has 2 heterocycles. The summed E-state index contributed by atoms with van der Waals surface area (Å²) < 4.78 is 7.83. The minimum absolute atomic E-state index is 0.117. The van der Waals surface area contributed by atoms with Crippen LogP contribution in [0.2, 0.25) is 0 Å². The van der Waals surface area contributed by atoms with Crippen LogP contribution < -0.4 is 5.32 Å². The lowest BCUT2D eigenvalue weighted by Gasteiger charge is -2.13. The summed E-state index contributed by atoms with van der Waals surface area (Å²) in [5.74, 6) is 0.942. The van der Waals surface area contributed by atoms with Crippen molar-refractivity contribution in [1.29, 1.82) is 0 Å². The highest BCUT2D eigenvalue weighted by atomic mass is 16.3. The van der Waals surface area contributed by atoms with Crippen LogP contribution in [0.1, 0.15) is 17.4 Å². The van der Waals surface area contributed by atoms with E-state index >= 15 is 0 Å². The van der Waals surface area contributed by atoms with Crippen molar-refractivity contribution in [3.63, 3.8) is 0 Å². The number of fused-ring (bicyclic) bond motifs is 1. The molecular formula is C15H17N3O. The van der Waals surface area contributed by atoms with Gasteiger partial charge in [0.1, 0.15) is 11.3 Å². The highest BCUT2D eigenvalue weighted by Crippen LogP contribution is 2.24. The van der Waals surface area contributed by atoms with Crippen LogP contribution in [-0.2, 0) is 6.54 Å². The summed E-state index contributed by atoms with van der Waals surface area (Å²) in [5.41, 5.74) is 2.09. The van der Waals surface area contributed by atoms with E-state index in [9.17, 15) is 0 Å². The van der Waals surface area contributed by atoms with Crippen LogP contribution in [0, 0.1) is 6.92 Å². The molecule has 19 heavy (non-hydrogen) atoms. The lowest BCUT2D eigenvalue weighted by molar-refractivity contribution is 0.395. The number of nitrogens with zero attached hydrogens (tertiary/aromatic N) is 2. The van der Waals surface area contributed by atoms with E-state index in [1.807, 2.05) is 49.2 Å². The lowest BCUT2D eigenvalue weighted by atomic mass is 10.2. The minimum atomic E-state index is 0.117. The molecule has 0 saturated carbocycles. The largest absolute Gasteiger partial charge is 0.459 e. The van der Waals surface area contributed by atoms with Gasteiger partial charge in [-0.3, -0.25) is 4.68 Å². The van der Waals surface area contributed by atoms with Crippen molar-refractivity contribution in [1.82, 2.24) is 15.1 Å². The van der Waals surface area contributed by atoms with E-state index in [4.69, 9.17) is 4.42 Å². The number of para-hydroxylation sites is 1. The molecule has 0 fully saturated rings. The van der Waals surface area contributed by atoms with E-state index in [2.05, 4.69) is 22.5 Å². The van der Waals surface area contributed by atoms with Gasteiger partial charge in [-0.15, -0.1) is 0 Å². The summed E-state index contributed by atoms with van der Waals surface area (Å²) in [6.07, 6.45) is 3.90. The Labute approximate surface area is 112 Å². The van der Waals surface area contributed by atoms with Gasteiger partial charge in [-0.1, -0.05) is 18.2 Å². The van der Waals surface area contributed by atoms with Crippen molar-refractivity contribution in [3.05, 3.63) is 54.0 Å². The Morgan fingerprint density at radius 2 is 2.21 bits per heavy atom. The molecule has 0 bridgehead atoms. The number of aromatic nitrogens is 2. The normalized spacial score (nSPS) is 12.9. The van der Waals surface area contributed by atoms with Crippen LogP contribution in [0.3, 0.4) is 0 Å². The molecule has 98 valence electrons. The first-order valence-electron chi connectivity index (χ1n) is 6.41. The zero-order valence-corrected chi connectivity index (χ0v) is 11.1. The van der Waals surface area contributed by atoms with Crippen molar-refractivity contribution in [2.24, 2.45) is 0 Å². The van der Waals surface area contributed by atoms with Crippen LogP contribution in [0.25, 0.3) is 11.0 Å². The monoisotopic (exact) mass is 255 g/mol. The fourth-order valence-corrected chi connectivity index (χ4v) is 2.25. The molecule has 0 aliphatic heterocycles. The Kier molecular flexibility index (Phi) is 3.09. The summed E-state index contributed by atoms with van der Waals surface area (Å²) in [7, 11) is 1.94. The van der Waals surface area contributed by atoms with Crippen LogP contribution in [-0.4, -0.2) is 16.8 Å². The number of hydrogen-bond donors (Lipinski definition) is 1. The minimum Gasteiger partial charge on any atom is -0.459 e. The zero-order valence-electron chi connectivity index (χ0n) is 11.1. The summed E-state index contributed by atoms with van der Waals surface area (Å²) in [6.45, 7) is 2.79. The van der Waals surface area contributed by atoms with Gasteiger partial charge in [0.2, 0.25) is 0 Å². The van der Waals surface area contributed by atoms with Gasteiger partial charge in [0.15, 0.2) is 0 Å². The summed E-state index contributed by atoms with van der Waals surface area (Å²) in [4.78, 5) is 0. The van der Waals surface area contributed by atoms with E-state index in [1.165, 1.54) is 5.56 Å². The average Bonchev–Trinajstić information content (AvgIpc) is 3.01. The van der Waals surface area contributed by atoms with Crippen molar-refractivity contribution in [2.75, 3.05) is 7.05 Å². The molecule has 1 aromatic carbocycles. The number of benzene rings is 1. The van der Waals surface area contributed by atoms with Gasteiger partial charge in [0.05, 0.1) is 18.8 Å². The fraction of sp³-hybridized carbons (Fsp3) is 0.267. The highest BCUT2D eigenvalue weighted by Gasteiger charge is 2.15. The standard InChI is InChI=1S/C15H17N3O/c1-11-8-17-18(9-11)10-13(16-2)15-7-12-5-3-4-6-14(12)19-15/h3-9,13,16H,10H2,1-2H3. The van der Waals surface area contributed by atoms with Gasteiger partial charge in [0, 0.05) is 11.6 Å². The van der Waals surface area contributed by atoms with Crippen molar-refractivity contribution in [2.45, 2.75) is 19.5 Å². The van der Waals surface area contributed by atoms with E-state index in [0.717, 1.165) is 23.3 Å². The average molecular weight is 255 g/mol. The molecule has 2 aromatic heterocycles. The second-order valence-corrected chi connectivity index (χ2v) is 4.77. The third kappa shape index (κ3) is 2.39. The third-order valence-electron chi connectivity index (χ3n) is 3.27. The Bertz CT molecular complexity index is 650. The molecule has 1 unspecified atom stereocenters. The summed E-state index contributed by atoms with van der Waals surface area (Å²) >= 11 is 0. The molecule has 0 radical (unpaired) electrons. The number of nitrogens with one attached hydrogen (secondary N) is 1. The van der Waals surface area contributed by atoms with Gasteiger partial charge in [-0.25, -0.2) is 0 Å². The van der Waals surface area contributed by atoms with Crippen molar-refractivity contribution in [3.8, 4) is 0 Å². The van der Waals surface area contributed by atoms with Gasteiger partial charge >= 0.3 is 0 Å². The zero-order chi connectivity index (χ0) is 13.2. The van der Waals surface area contributed by atoms with Crippen LogP contribution in [0.15, 0.2) is 47.1 Å². The summed E-state index contributed by atoms with van der Waals surface area (Å²) in [6, 6.07) is 10.3. The van der Waals surface area contributed by atoms with Gasteiger partial charge in [0.25, 0.3) is 0 Å². The van der Waals surface area contributed by atoms with Crippen LogP contribution in [0.5, 0.6) is 0 Å². The molecular weight excluding hydrogens is 238 g/mol. The molecule has 0 aliphatic rings. The third-order valence-corrected chi connectivity index (χ3v) is 3.27. The van der Waals surface area contributed by atoms with Crippen molar-refractivity contribution >= 4 is 11.0 Å². The Morgan fingerprint density at radius 1 is 1.37 bits per heavy atom. The molecule has 1 atom stereocenters. The second-order valence-electron chi connectivity index (χ2n) is 4.77. The molecule has 0 aliphatic carbocycles. The molecule has 4 heteroatoms. The maximum Gasteiger partial charge on any atom is 0.134 e. The van der Waals surface area contributed by atoms with Gasteiger partial charge in [-0.2, -0.15) is 5.10 Å². The molecule has 4 nitrogen and oxygen atoms in total. The second kappa shape index (κ2) is 4.90. The Morgan fingerprint density at radius 3 is 2.89 bits per heavy atom. The maximum atomic E-state index is 5.90. The quantitative estimate of drug-likeness (QED) is 0.779. The Balaban J connectivity index is 1.88. The first-order valence-corrected chi connectivity index (χ1v) is 6.41. The van der Waals surface area contributed by atoms with Crippen LogP contribution >= 0.6 is 0 Å². The van der Waals surface area contributed by atoms with E-state index in [-0.39, 0.29) is 6.04 Å². The predicted molar refractivity (Wildman–Crippen MR) is 75.0 cm³/mol. The fourth-order valence-electron chi connectivity index (χ4n) is 2.25. The first-order chi connectivity index (χ1) is 9.26. The maximum absolute atomic E-state index is 5.90. The number of rotatable bonds is 4. The highest BCUT2D eigenvalue weighted by molar-refractivity contribution is 5.77. The topological polar surface area (TPSA) is 43.0 Å². The molecule has 3 aromatic rings.